The third kappa shape index (κ3) is 3.01. The molecule has 0 heterocycles. The Labute approximate surface area is 159 Å². The quantitative estimate of drug-likeness (QED) is 0.748. The van der Waals surface area contributed by atoms with Gasteiger partial charge in [0.2, 0.25) is 0 Å². The number of hydrogen-bond acceptors (Lipinski definition) is 4. The van der Waals surface area contributed by atoms with Gasteiger partial charge in [-0.15, -0.1) is 0 Å². The van der Waals surface area contributed by atoms with Gasteiger partial charge in [-0.1, -0.05) is 0 Å². The van der Waals surface area contributed by atoms with Crippen LogP contribution < -0.4 is 10.0 Å². The van der Waals surface area contributed by atoms with Crippen LogP contribution in [0.25, 0.3) is 0 Å². The molecule has 2 aromatic carbocycles. The van der Waals surface area contributed by atoms with Gasteiger partial charge in [0, 0.05) is 28.2 Å². The number of fused-ring (bicyclic) bond motifs is 1. The van der Waals surface area contributed by atoms with Crippen molar-refractivity contribution in [3.8, 4) is 17.6 Å². The molecule has 2 aliphatic rings. The summed E-state index contributed by atoms with van der Waals surface area (Å²) in [6.45, 7) is 1.57. The van der Waals surface area contributed by atoms with Gasteiger partial charge < -0.3 is 14.4 Å². The average Bonchev–Trinajstić information content (AvgIpc) is 3.48. The van der Waals surface area contributed by atoms with Crippen molar-refractivity contribution < 1.29 is 27.6 Å². The first-order chi connectivity index (χ1) is 13.2. The number of aliphatic hydroxyl groups is 1. The Kier molecular flexibility index (Phi) is 4.52. The fourth-order valence-corrected chi connectivity index (χ4v) is 6.36. The summed E-state index contributed by atoms with van der Waals surface area (Å²) >= 11 is 0. The van der Waals surface area contributed by atoms with Crippen LogP contribution in [0.1, 0.15) is 41.8 Å². The monoisotopic (exact) mass is 407 g/mol. The number of benzene rings is 2. The number of alkyl halides is 2. The highest BCUT2D eigenvalue weighted by Gasteiger charge is 2.49. The Balaban J connectivity index is 1.84. The molecule has 4 atom stereocenters. The molecule has 1 fully saturated rings. The molecular weight excluding hydrogens is 390 g/mol. The van der Waals surface area contributed by atoms with Crippen molar-refractivity contribution in [1.29, 1.82) is 5.26 Å². The maximum absolute atomic E-state index is 14.7. The van der Waals surface area contributed by atoms with Gasteiger partial charge in [0.15, 0.2) is 12.3 Å². The minimum absolute atomic E-state index is 0.00950. The molecule has 0 aliphatic heterocycles. The Morgan fingerprint density at radius 2 is 1.93 bits per heavy atom. The maximum Gasteiger partial charge on any atom is 0.165 e. The highest BCUT2D eigenvalue weighted by molar-refractivity contribution is 7.72. The predicted octanol–water partition coefficient (Wildman–Crippen LogP) is 4.67. The van der Waals surface area contributed by atoms with Gasteiger partial charge in [0.1, 0.15) is 30.6 Å². The van der Waals surface area contributed by atoms with Crippen molar-refractivity contribution in [3.63, 3.8) is 0 Å². The topological polar surface area (TPSA) is 70.3 Å². The van der Waals surface area contributed by atoms with Crippen LogP contribution in [-0.2, 0) is 4.57 Å². The Bertz CT molecular complexity index is 1050. The van der Waals surface area contributed by atoms with Crippen LogP contribution in [0.5, 0.6) is 11.5 Å². The molecule has 0 aromatic heterocycles. The molecule has 0 radical (unpaired) electrons. The van der Waals surface area contributed by atoms with E-state index in [0.717, 1.165) is 25.0 Å². The molecule has 0 saturated heterocycles. The molecule has 1 saturated carbocycles. The SMILES string of the molecule is CP(=O)(c1ccc(Oc2cc(F)cc(C#N)c2)c2c1C(O)C(F)C2F)C1CC1. The molecule has 2 aliphatic carbocycles. The first-order valence-corrected chi connectivity index (χ1v) is 11.1. The van der Waals surface area contributed by atoms with Crippen LogP contribution in [0.2, 0.25) is 0 Å². The summed E-state index contributed by atoms with van der Waals surface area (Å²) in [6, 6.07) is 7.91. The van der Waals surface area contributed by atoms with E-state index < -0.39 is 31.4 Å². The van der Waals surface area contributed by atoms with E-state index in [2.05, 4.69) is 0 Å². The Morgan fingerprint density at radius 3 is 2.57 bits per heavy atom. The largest absolute Gasteiger partial charge is 0.457 e. The van der Waals surface area contributed by atoms with Gasteiger partial charge in [0.25, 0.3) is 0 Å². The first-order valence-electron chi connectivity index (χ1n) is 8.83. The zero-order valence-corrected chi connectivity index (χ0v) is 15.8. The summed E-state index contributed by atoms with van der Waals surface area (Å²) in [5, 5.41) is 19.5. The van der Waals surface area contributed by atoms with E-state index in [1.807, 2.05) is 0 Å². The first kappa shape index (κ1) is 19.0. The third-order valence-electron chi connectivity index (χ3n) is 5.33. The smallest absolute Gasteiger partial charge is 0.165 e. The van der Waals surface area contributed by atoms with Crippen molar-refractivity contribution in [3.05, 3.63) is 52.8 Å². The number of rotatable bonds is 4. The van der Waals surface area contributed by atoms with Crippen molar-refractivity contribution >= 4 is 12.4 Å². The van der Waals surface area contributed by atoms with Crippen LogP contribution in [0, 0.1) is 17.1 Å². The Hall–Kier alpha value is -2.29. The second-order valence-corrected chi connectivity index (χ2v) is 10.5. The van der Waals surface area contributed by atoms with Crippen LogP contribution >= 0.6 is 7.14 Å². The van der Waals surface area contributed by atoms with Crippen molar-refractivity contribution in [1.82, 2.24) is 0 Å². The average molecular weight is 407 g/mol. The number of ether oxygens (including phenoxy) is 1. The zero-order chi connectivity index (χ0) is 20.2. The van der Waals surface area contributed by atoms with E-state index in [4.69, 9.17) is 10.00 Å². The summed E-state index contributed by atoms with van der Waals surface area (Å²) in [6.07, 6.45) is -4.58. The second-order valence-electron chi connectivity index (χ2n) is 7.31. The lowest BCUT2D eigenvalue weighted by Crippen LogP contribution is -2.18. The highest BCUT2D eigenvalue weighted by Crippen LogP contribution is 2.60. The standard InChI is InChI=1S/C20H17F3NO3P/c1-28(26,13-2-3-13)15-5-4-14(16-17(15)20(25)19(23)18(16)22)27-12-7-10(9-24)6-11(21)8-12/h4-8,13,18-20,25H,2-3H2,1H3. The molecule has 2 aromatic rings. The number of nitrogens with zero attached hydrogens (tertiary/aromatic N) is 1. The summed E-state index contributed by atoms with van der Waals surface area (Å²) in [5.41, 5.74) is -0.279. The molecule has 0 spiro atoms. The number of hydrogen-bond donors (Lipinski definition) is 1. The van der Waals surface area contributed by atoms with Crippen molar-refractivity contribution in [2.45, 2.75) is 36.9 Å². The predicted molar refractivity (Wildman–Crippen MR) is 97.5 cm³/mol. The van der Waals surface area contributed by atoms with E-state index in [9.17, 15) is 22.8 Å². The fourth-order valence-electron chi connectivity index (χ4n) is 3.73. The Morgan fingerprint density at radius 1 is 1.21 bits per heavy atom. The van der Waals surface area contributed by atoms with Crippen LogP contribution in [0.3, 0.4) is 0 Å². The molecular formula is C20H17F3NO3P. The highest BCUT2D eigenvalue weighted by atomic mass is 31.2. The second kappa shape index (κ2) is 6.65. The van der Waals surface area contributed by atoms with Crippen LogP contribution in [0.15, 0.2) is 30.3 Å². The number of aliphatic hydroxyl groups excluding tert-OH is 1. The summed E-state index contributed by atoms with van der Waals surface area (Å²) in [5.74, 6) is -0.873. The third-order valence-corrected chi connectivity index (χ3v) is 8.58. The molecule has 4 unspecified atom stereocenters. The van der Waals surface area contributed by atoms with Crippen molar-refractivity contribution in [2.75, 3.05) is 6.66 Å². The number of nitriles is 1. The lowest BCUT2D eigenvalue weighted by molar-refractivity contribution is 0.0469. The van der Waals surface area contributed by atoms with E-state index in [1.165, 1.54) is 18.2 Å². The van der Waals surface area contributed by atoms with Gasteiger partial charge >= 0.3 is 0 Å². The van der Waals surface area contributed by atoms with E-state index in [0.29, 0.717) is 0 Å². The minimum atomic E-state index is -2.91. The van der Waals surface area contributed by atoms with E-state index >= 15 is 0 Å². The van der Waals surface area contributed by atoms with Gasteiger partial charge in [-0.25, -0.2) is 13.2 Å². The molecule has 146 valence electrons. The molecule has 8 heteroatoms. The van der Waals surface area contributed by atoms with E-state index in [1.54, 1.807) is 12.7 Å². The lowest BCUT2D eigenvalue weighted by Gasteiger charge is -2.20. The van der Waals surface area contributed by atoms with Gasteiger partial charge in [-0.2, -0.15) is 5.26 Å². The summed E-state index contributed by atoms with van der Waals surface area (Å²) in [4.78, 5) is 0. The zero-order valence-electron chi connectivity index (χ0n) is 14.9. The van der Waals surface area contributed by atoms with Gasteiger partial charge in [0.05, 0.1) is 11.6 Å². The van der Waals surface area contributed by atoms with Crippen molar-refractivity contribution in [2.24, 2.45) is 0 Å². The van der Waals surface area contributed by atoms with Gasteiger partial charge in [-0.3, -0.25) is 0 Å². The minimum Gasteiger partial charge on any atom is -0.457 e. The normalized spacial score (nSPS) is 25.6. The molecule has 0 bridgehead atoms. The van der Waals surface area contributed by atoms with Gasteiger partial charge in [-0.05, 0) is 43.8 Å². The summed E-state index contributed by atoms with van der Waals surface area (Å²) < 4.78 is 61.5. The lowest BCUT2D eigenvalue weighted by atomic mass is 10.1. The number of halogens is 3. The van der Waals surface area contributed by atoms with Crippen LogP contribution in [-0.4, -0.2) is 23.6 Å². The summed E-state index contributed by atoms with van der Waals surface area (Å²) in [7, 11) is -2.91. The maximum atomic E-state index is 14.7. The molecule has 0 amide bonds. The molecule has 4 nitrogen and oxygen atoms in total. The molecule has 1 N–H and O–H groups in total. The molecule has 28 heavy (non-hydrogen) atoms. The molecule has 4 rings (SSSR count). The fraction of sp³-hybridized carbons (Fsp3) is 0.350. The van der Waals surface area contributed by atoms with E-state index in [-0.39, 0.29) is 39.2 Å². The van der Waals surface area contributed by atoms with Crippen LogP contribution in [0.4, 0.5) is 13.2 Å².